The van der Waals surface area contributed by atoms with Gasteiger partial charge in [0, 0.05) is 6.07 Å². The van der Waals surface area contributed by atoms with E-state index in [0.29, 0.717) is 11.4 Å². The van der Waals surface area contributed by atoms with Gasteiger partial charge in [-0.05, 0) is 0 Å². The van der Waals surface area contributed by atoms with E-state index in [2.05, 4.69) is 19.9 Å². The molecule has 0 fully saturated rings. The Kier molecular flexibility index (Phi) is 3.96. The molecule has 0 bridgehead atoms. The number of rotatable bonds is 3. The maximum absolute atomic E-state index is 12.7. The molecule has 0 spiro atoms. The van der Waals surface area contributed by atoms with Gasteiger partial charge in [0.1, 0.15) is 35.1 Å². The molecular weight excluding hydrogens is 329 g/mol. The number of pyridine rings is 1. The first-order chi connectivity index (χ1) is 11.4. The monoisotopic (exact) mass is 340 g/mol. The van der Waals surface area contributed by atoms with Crippen molar-refractivity contribution in [1.82, 2.24) is 15.0 Å². The third kappa shape index (κ3) is 2.94. The van der Waals surface area contributed by atoms with E-state index < -0.39 is 11.9 Å². The minimum absolute atomic E-state index is 0.00881. The maximum Gasteiger partial charge on any atom is 0.433 e. The van der Waals surface area contributed by atoms with Gasteiger partial charge in [0.05, 0.1) is 26.6 Å². The standard InChI is InChI=1S/C14H11F3N4O3/c1-22-12-13(23-2)21-7(4-19-12)9-6-24-10-3-11(14(15,16)17)18-5-8(10)20-9/h3-5H,6H2,1-2H3. The van der Waals surface area contributed by atoms with E-state index in [4.69, 9.17) is 14.2 Å². The second kappa shape index (κ2) is 5.95. The third-order valence-electron chi connectivity index (χ3n) is 3.15. The summed E-state index contributed by atoms with van der Waals surface area (Å²) in [6, 6.07) is 0.815. The van der Waals surface area contributed by atoms with Crippen molar-refractivity contribution in [3.05, 3.63) is 29.8 Å². The number of alkyl halides is 3. The molecule has 7 nitrogen and oxygen atoms in total. The van der Waals surface area contributed by atoms with Gasteiger partial charge in [-0.2, -0.15) is 13.2 Å². The van der Waals surface area contributed by atoms with Gasteiger partial charge in [0.2, 0.25) is 0 Å². The van der Waals surface area contributed by atoms with Crippen LogP contribution in [0.3, 0.4) is 0 Å². The van der Waals surface area contributed by atoms with Crippen molar-refractivity contribution in [3.63, 3.8) is 0 Å². The van der Waals surface area contributed by atoms with Crippen LogP contribution in [0.1, 0.15) is 11.4 Å². The fourth-order valence-corrected chi connectivity index (χ4v) is 2.01. The summed E-state index contributed by atoms with van der Waals surface area (Å²) < 4.78 is 53.4. The Bertz CT molecular complexity index is 808. The number of aromatic nitrogens is 3. The number of methoxy groups -OCH3 is 2. The number of aliphatic imine (C=N–C) groups is 1. The predicted octanol–water partition coefficient (Wildman–Crippen LogP) is 2.42. The molecule has 0 unspecified atom stereocenters. The number of hydrogen-bond acceptors (Lipinski definition) is 7. The lowest BCUT2D eigenvalue weighted by Crippen LogP contribution is -2.19. The summed E-state index contributed by atoms with van der Waals surface area (Å²) in [6.45, 7) is -0.0571. The van der Waals surface area contributed by atoms with Crippen LogP contribution in [0.2, 0.25) is 0 Å². The average Bonchev–Trinajstić information content (AvgIpc) is 2.59. The highest BCUT2D eigenvalue weighted by atomic mass is 19.4. The number of ether oxygens (including phenoxy) is 3. The lowest BCUT2D eigenvalue weighted by molar-refractivity contribution is -0.141. The smallest absolute Gasteiger partial charge is 0.433 e. The normalized spacial score (nSPS) is 13.6. The number of nitrogens with zero attached hydrogens (tertiary/aromatic N) is 4. The van der Waals surface area contributed by atoms with E-state index in [-0.39, 0.29) is 29.8 Å². The van der Waals surface area contributed by atoms with E-state index in [1.165, 1.54) is 20.4 Å². The molecule has 24 heavy (non-hydrogen) atoms. The van der Waals surface area contributed by atoms with Crippen molar-refractivity contribution >= 4 is 11.4 Å². The van der Waals surface area contributed by atoms with E-state index in [0.717, 1.165) is 12.3 Å². The van der Waals surface area contributed by atoms with Gasteiger partial charge in [-0.25, -0.2) is 19.9 Å². The first kappa shape index (κ1) is 16.0. The number of hydrogen-bond donors (Lipinski definition) is 0. The van der Waals surface area contributed by atoms with Crippen molar-refractivity contribution in [2.45, 2.75) is 6.18 Å². The first-order valence-electron chi connectivity index (χ1n) is 6.65. The van der Waals surface area contributed by atoms with Gasteiger partial charge in [-0.15, -0.1) is 0 Å². The van der Waals surface area contributed by atoms with Crippen LogP contribution in [0.5, 0.6) is 17.5 Å². The second-order valence-electron chi connectivity index (χ2n) is 4.66. The Balaban J connectivity index is 1.96. The SMILES string of the molecule is COc1ncc(C2=Nc3cnc(C(F)(F)F)cc3OC2)nc1OC. The Morgan fingerprint density at radius 2 is 1.83 bits per heavy atom. The molecule has 0 aliphatic carbocycles. The van der Waals surface area contributed by atoms with E-state index in [1.807, 2.05) is 0 Å². The minimum atomic E-state index is -4.54. The maximum atomic E-state index is 12.7. The van der Waals surface area contributed by atoms with Crippen molar-refractivity contribution in [2.75, 3.05) is 20.8 Å². The molecule has 1 aliphatic rings. The van der Waals surface area contributed by atoms with Gasteiger partial charge in [0.25, 0.3) is 11.8 Å². The molecule has 10 heteroatoms. The predicted molar refractivity (Wildman–Crippen MR) is 76.1 cm³/mol. The Morgan fingerprint density at radius 3 is 2.50 bits per heavy atom. The van der Waals surface area contributed by atoms with Gasteiger partial charge in [-0.1, -0.05) is 0 Å². The second-order valence-corrected chi connectivity index (χ2v) is 4.66. The van der Waals surface area contributed by atoms with Crippen LogP contribution < -0.4 is 14.2 Å². The van der Waals surface area contributed by atoms with Gasteiger partial charge >= 0.3 is 6.18 Å². The summed E-state index contributed by atoms with van der Waals surface area (Å²) in [5.41, 5.74) is -0.109. The van der Waals surface area contributed by atoms with E-state index in [9.17, 15) is 13.2 Å². The highest BCUT2D eigenvalue weighted by Gasteiger charge is 2.34. The van der Waals surface area contributed by atoms with Crippen molar-refractivity contribution in [3.8, 4) is 17.5 Å². The summed E-state index contributed by atoms with van der Waals surface area (Å²) in [6.07, 6.45) is -2.13. The quantitative estimate of drug-likeness (QED) is 0.854. The summed E-state index contributed by atoms with van der Waals surface area (Å²) in [7, 11) is 2.83. The fraction of sp³-hybridized carbons (Fsp3) is 0.286. The molecule has 0 amide bonds. The van der Waals surface area contributed by atoms with Crippen molar-refractivity contribution in [1.29, 1.82) is 0 Å². The largest absolute Gasteiger partial charge is 0.485 e. The lowest BCUT2D eigenvalue weighted by Gasteiger charge is -2.18. The molecule has 3 heterocycles. The highest BCUT2D eigenvalue weighted by Crippen LogP contribution is 2.36. The molecule has 1 aliphatic heterocycles. The molecule has 0 atom stereocenters. The number of fused-ring (bicyclic) bond motifs is 1. The zero-order chi connectivity index (χ0) is 17.3. The molecule has 0 aromatic carbocycles. The fourth-order valence-electron chi connectivity index (χ4n) is 2.01. The summed E-state index contributed by atoms with van der Waals surface area (Å²) >= 11 is 0. The minimum Gasteiger partial charge on any atom is -0.485 e. The van der Waals surface area contributed by atoms with Gasteiger partial charge in [-0.3, -0.25) is 0 Å². The van der Waals surface area contributed by atoms with Crippen LogP contribution in [-0.4, -0.2) is 41.5 Å². The summed E-state index contributed by atoms with van der Waals surface area (Å²) in [5, 5.41) is 0. The Hall–Kier alpha value is -2.91. The molecule has 126 valence electrons. The Morgan fingerprint density at radius 1 is 1.08 bits per heavy atom. The first-order valence-corrected chi connectivity index (χ1v) is 6.65. The highest BCUT2D eigenvalue weighted by molar-refractivity contribution is 6.02. The molecule has 2 aromatic rings. The van der Waals surface area contributed by atoms with Crippen LogP contribution in [0.15, 0.2) is 23.5 Å². The van der Waals surface area contributed by atoms with Crippen LogP contribution in [0.4, 0.5) is 18.9 Å². The van der Waals surface area contributed by atoms with Crippen LogP contribution in [0, 0.1) is 0 Å². The van der Waals surface area contributed by atoms with Crippen LogP contribution >= 0.6 is 0 Å². The average molecular weight is 340 g/mol. The summed E-state index contributed by atoms with van der Waals surface area (Å²) in [5.74, 6) is 0.374. The zero-order valence-corrected chi connectivity index (χ0v) is 12.6. The Labute approximate surface area is 134 Å². The topological polar surface area (TPSA) is 78.7 Å². The molecule has 0 N–H and O–H groups in total. The van der Waals surface area contributed by atoms with Gasteiger partial charge < -0.3 is 14.2 Å². The molecule has 0 saturated heterocycles. The van der Waals surface area contributed by atoms with E-state index >= 15 is 0 Å². The van der Waals surface area contributed by atoms with Crippen LogP contribution in [0.25, 0.3) is 0 Å². The molecule has 0 saturated carbocycles. The third-order valence-corrected chi connectivity index (χ3v) is 3.15. The van der Waals surface area contributed by atoms with E-state index in [1.54, 1.807) is 0 Å². The lowest BCUT2D eigenvalue weighted by atomic mass is 10.2. The molecule has 0 radical (unpaired) electrons. The number of halogens is 3. The molecular formula is C14H11F3N4O3. The molecule has 2 aromatic heterocycles. The molecule has 3 rings (SSSR count). The van der Waals surface area contributed by atoms with Crippen molar-refractivity contribution in [2.24, 2.45) is 4.99 Å². The van der Waals surface area contributed by atoms with Crippen molar-refractivity contribution < 1.29 is 27.4 Å². The zero-order valence-electron chi connectivity index (χ0n) is 12.6. The summed E-state index contributed by atoms with van der Waals surface area (Å²) in [4.78, 5) is 15.8. The van der Waals surface area contributed by atoms with Gasteiger partial charge in [0.15, 0.2) is 0 Å². The van der Waals surface area contributed by atoms with Crippen LogP contribution in [-0.2, 0) is 6.18 Å².